The van der Waals surface area contributed by atoms with Gasteiger partial charge in [-0.25, -0.2) is 0 Å². The number of aromatic hydroxyl groups is 2. The summed E-state index contributed by atoms with van der Waals surface area (Å²) in [6, 6.07) is 8.74. The first-order valence-corrected chi connectivity index (χ1v) is 6.97. The molecule has 0 radical (unpaired) electrons. The second-order valence-electron chi connectivity index (χ2n) is 5.32. The molecule has 21 heavy (non-hydrogen) atoms. The zero-order valence-corrected chi connectivity index (χ0v) is 12.2. The Balaban J connectivity index is 2.14. The topological polar surface area (TPSA) is 82.0 Å². The van der Waals surface area contributed by atoms with Crippen molar-refractivity contribution in [2.45, 2.75) is 26.0 Å². The van der Waals surface area contributed by atoms with E-state index in [1.54, 1.807) is 18.2 Å². The van der Waals surface area contributed by atoms with Crippen LogP contribution in [0.3, 0.4) is 0 Å². The normalized spacial score (nSPS) is 12.8. The van der Waals surface area contributed by atoms with Crippen molar-refractivity contribution in [1.29, 1.82) is 0 Å². The predicted molar refractivity (Wildman–Crippen MR) is 81.9 cm³/mol. The first kappa shape index (κ1) is 15.4. The predicted octanol–water partition coefficient (Wildman–Crippen LogP) is 1.99. The Labute approximate surface area is 123 Å². The van der Waals surface area contributed by atoms with Crippen LogP contribution in [-0.4, -0.2) is 40.6 Å². The molecule has 4 N–H and O–H groups in total. The number of aliphatic hydroxyl groups excluding tert-OH is 1. The maximum atomic E-state index is 9.86. The molecular weight excluding hydrogens is 270 g/mol. The maximum Gasteiger partial charge on any atom is 0.165 e. The highest BCUT2D eigenvalue weighted by Crippen LogP contribution is 2.39. The van der Waals surface area contributed by atoms with E-state index in [0.29, 0.717) is 23.1 Å². The van der Waals surface area contributed by atoms with Crippen LogP contribution >= 0.6 is 0 Å². The van der Waals surface area contributed by atoms with Gasteiger partial charge < -0.3 is 25.4 Å². The molecule has 0 amide bonds. The highest BCUT2D eigenvalue weighted by molar-refractivity contribution is 5.95. The fourth-order valence-electron chi connectivity index (χ4n) is 2.05. The molecule has 2 aromatic rings. The van der Waals surface area contributed by atoms with Gasteiger partial charge in [-0.3, -0.25) is 0 Å². The quantitative estimate of drug-likeness (QED) is 0.612. The van der Waals surface area contributed by atoms with Crippen LogP contribution in [0.4, 0.5) is 0 Å². The SMILES string of the molecule is CC(C)NC[C@@H](O)COc1cc(O)c(O)c2ccccc12. The molecule has 0 aliphatic heterocycles. The summed E-state index contributed by atoms with van der Waals surface area (Å²) in [5, 5.41) is 33.8. The summed E-state index contributed by atoms with van der Waals surface area (Å²) in [6.45, 7) is 4.53. The van der Waals surface area contributed by atoms with E-state index in [0.717, 1.165) is 0 Å². The van der Waals surface area contributed by atoms with E-state index < -0.39 is 6.10 Å². The van der Waals surface area contributed by atoms with Gasteiger partial charge in [0.25, 0.3) is 0 Å². The van der Waals surface area contributed by atoms with Gasteiger partial charge in [0, 0.05) is 29.4 Å². The molecule has 0 aromatic heterocycles. The molecule has 0 aliphatic rings. The number of aliphatic hydroxyl groups is 1. The van der Waals surface area contributed by atoms with Crippen molar-refractivity contribution in [3.63, 3.8) is 0 Å². The number of rotatable bonds is 6. The lowest BCUT2D eigenvalue weighted by molar-refractivity contribution is 0.105. The van der Waals surface area contributed by atoms with Crippen molar-refractivity contribution in [2.24, 2.45) is 0 Å². The summed E-state index contributed by atoms with van der Waals surface area (Å²) in [5.74, 6) is 0.0305. The van der Waals surface area contributed by atoms with Crippen LogP contribution in [-0.2, 0) is 0 Å². The average molecular weight is 291 g/mol. The number of nitrogens with one attached hydrogen (secondary N) is 1. The van der Waals surface area contributed by atoms with Gasteiger partial charge in [0.05, 0.1) is 0 Å². The first-order chi connectivity index (χ1) is 9.99. The van der Waals surface area contributed by atoms with Gasteiger partial charge in [-0.1, -0.05) is 38.1 Å². The molecular formula is C16H21NO4. The minimum absolute atomic E-state index is 0.105. The lowest BCUT2D eigenvalue weighted by Gasteiger charge is -2.16. The van der Waals surface area contributed by atoms with Crippen LogP contribution in [0.1, 0.15) is 13.8 Å². The maximum absolute atomic E-state index is 9.86. The van der Waals surface area contributed by atoms with Gasteiger partial charge in [-0.15, -0.1) is 0 Å². The van der Waals surface area contributed by atoms with Gasteiger partial charge in [0.15, 0.2) is 11.5 Å². The highest BCUT2D eigenvalue weighted by atomic mass is 16.5. The molecule has 1 atom stereocenters. The Kier molecular flexibility index (Phi) is 4.88. The number of fused-ring (bicyclic) bond motifs is 1. The van der Waals surface area contributed by atoms with Gasteiger partial charge in [0.2, 0.25) is 0 Å². The molecule has 2 aromatic carbocycles. The molecule has 0 saturated carbocycles. The van der Waals surface area contributed by atoms with Crippen molar-refractivity contribution < 1.29 is 20.1 Å². The fourth-order valence-corrected chi connectivity index (χ4v) is 2.05. The van der Waals surface area contributed by atoms with E-state index in [2.05, 4.69) is 5.32 Å². The Morgan fingerprint density at radius 3 is 2.48 bits per heavy atom. The number of phenolic OH excluding ortho intramolecular Hbond substituents is 2. The second kappa shape index (κ2) is 6.65. The van der Waals surface area contributed by atoms with E-state index in [1.165, 1.54) is 6.07 Å². The third-order valence-corrected chi connectivity index (χ3v) is 3.15. The standard InChI is InChI=1S/C16H21NO4/c1-10(2)17-8-11(18)9-21-15-7-14(19)16(20)13-6-4-3-5-12(13)15/h3-7,10-11,17-20H,8-9H2,1-2H3/t11-/m1/s1. The minimum Gasteiger partial charge on any atom is -0.504 e. The van der Waals surface area contributed by atoms with E-state index in [1.807, 2.05) is 19.9 Å². The summed E-state index contributed by atoms with van der Waals surface area (Å²) < 4.78 is 5.59. The molecule has 114 valence electrons. The lowest BCUT2D eigenvalue weighted by atomic mass is 10.1. The number of phenols is 2. The molecule has 0 fully saturated rings. The van der Waals surface area contributed by atoms with Gasteiger partial charge in [-0.2, -0.15) is 0 Å². The van der Waals surface area contributed by atoms with Crippen molar-refractivity contribution in [3.8, 4) is 17.2 Å². The van der Waals surface area contributed by atoms with E-state index >= 15 is 0 Å². The number of hydrogen-bond donors (Lipinski definition) is 4. The molecule has 0 aliphatic carbocycles. The van der Waals surface area contributed by atoms with Crippen LogP contribution < -0.4 is 10.1 Å². The van der Waals surface area contributed by atoms with E-state index in [9.17, 15) is 15.3 Å². The van der Waals surface area contributed by atoms with Crippen LogP contribution in [0.5, 0.6) is 17.2 Å². The fraction of sp³-hybridized carbons (Fsp3) is 0.375. The Morgan fingerprint density at radius 2 is 1.81 bits per heavy atom. The molecule has 0 heterocycles. The smallest absolute Gasteiger partial charge is 0.165 e. The summed E-state index contributed by atoms with van der Waals surface area (Å²) in [5.41, 5.74) is 0. The van der Waals surface area contributed by atoms with Crippen LogP contribution in [0.2, 0.25) is 0 Å². The first-order valence-electron chi connectivity index (χ1n) is 6.97. The van der Waals surface area contributed by atoms with E-state index in [-0.39, 0.29) is 24.1 Å². The Hall–Kier alpha value is -1.98. The van der Waals surface area contributed by atoms with E-state index in [4.69, 9.17) is 4.74 Å². The van der Waals surface area contributed by atoms with Gasteiger partial charge in [-0.05, 0) is 0 Å². The summed E-state index contributed by atoms with van der Waals surface area (Å²) in [7, 11) is 0. The van der Waals surface area contributed by atoms with Crippen molar-refractivity contribution in [2.75, 3.05) is 13.2 Å². The lowest BCUT2D eigenvalue weighted by Crippen LogP contribution is -2.35. The van der Waals surface area contributed by atoms with Crippen molar-refractivity contribution >= 4 is 10.8 Å². The third-order valence-electron chi connectivity index (χ3n) is 3.15. The summed E-state index contributed by atoms with van der Waals surface area (Å²) in [4.78, 5) is 0. The van der Waals surface area contributed by atoms with Gasteiger partial charge >= 0.3 is 0 Å². The molecule has 5 heteroatoms. The minimum atomic E-state index is -0.651. The molecule has 0 saturated heterocycles. The number of hydrogen-bond acceptors (Lipinski definition) is 5. The second-order valence-corrected chi connectivity index (χ2v) is 5.32. The zero-order valence-electron chi connectivity index (χ0n) is 12.2. The Bertz CT molecular complexity index is 612. The highest BCUT2D eigenvalue weighted by Gasteiger charge is 2.13. The van der Waals surface area contributed by atoms with Crippen LogP contribution in [0.15, 0.2) is 30.3 Å². The summed E-state index contributed by atoms with van der Waals surface area (Å²) >= 11 is 0. The van der Waals surface area contributed by atoms with Crippen LogP contribution in [0.25, 0.3) is 10.8 Å². The number of benzene rings is 2. The zero-order chi connectivity index (χ0) is 15.4. The number of ether oxygens (including phenoxy) is 1. The largest absolute Gasteiger partial charge is 0.504 e. The average Bonchev–Trinajstić information content (AvgIpc) is 2.47. The summed E-state index contributed by atoms with van der Waals surface area (Å²) in [6.07, 6.45) is -0.651. The third kappa shape index (κ3) is 3.77. The van der Waals surface area contributed by atoms with Gasteiger partial charge in [0.1, 0.15) is 18.5 Å². The van der Waals surface area contributed by atoms with Crippen LogP contribution in [0, 0.1) is 0 Å². The molecule has 0 unspecified atom stereocenters. The molecule has 0 bridgehead atoms. The van der Waals surface area contributed by atoms with Crippen molar-refractivity contribution in [3.05, 3.63) is 30.3 Å². The Morgan fingerprint density at radius 1 is 1.14 bits per heavy atom. The van der Waals surface area contributed by atoms with Crippen molar-refractivity contribution in [1.82, 2.24) is 5.32 Å². The molecule has 2 rings (SSSR count). The monoisotopic (exact) mass is 291 g/mol. The molecule has 5 nitrogen and oxygen atoms in total. The molecule has 0 spiro atoms.